The Morgan fingerprint density at radius 2 is 1.74 bits per heavy atom. The summed E-state index contributed by atoms with van der Waals surface area (Å²) in [4.78, 5) is 14.3. The first kappa shape index (κ1) is 19.5. The Balaban J connectivity index is 2.31. The van der Waals surface area contributed by atoms with Gasteiger partial charge in [-0.05, 0) is 64.5 Å². The van der Waals surface area contributed by atoms with Crippen molar-refractivity contribution in [1.29, 1.82) is 0 Å². The second-order valence-corrected chi connectivity index (χ2v) is 6.77. The standard InChI is InChI=1S/C19H32N2O2/c1-6-21(7-2)14-8-13-20-18(22)15-16-9-11-17(12-10-16)23-19(3,4)5/h9-12H,6-8,13-15H2,1-5H3,(H,20,22). The lowest BCUT2D eigenvalue weighted by molar-refractivity contribution is -0.120. The van der Waals surface area contributed by atoms with Crippen molar-refractivity contribution in [2.45, 2.75) is 53.1 Å². The lowest BCUT2D eigenvalue weighted by atomic mass is 10.1. The Bertz CT molecular complexity index is 459. The van der Waals surface area contributed by atoms with Gasteiger partial charge in [-0.2, -0.15) is 0 Å². The number of nitrogens with one attached hydrogen (secondary N) is 1. The van der Waals surface area contributed by atoms with Crippen molar-refractivity contribution < 1.29 is 9.53 Å². The maximum Gasteiger partial charge on any atom is 0.224 e. The first-order chi connectivity index (χ1) is 10.8. The number of amides is 1. The van der Waals surface area contributed by atoms with Crippen molar-refractivity contribution in [2.24, 2.45) is 0 Å². The number of benzene rings is 1. The first-order valence-corrected chi connectivity index (χ1v) is 8.61. The van der Waals surface area contributed by atoms with Gasteiger partial charge >= 0.3 is 0 Å². The van der Waals surface area contributed by atoms with E-state index < -0.39 is 0 Å². The summed E-state index contributed by atoms with van der Waals surface area (Å²) in [6.07, 6.45) is 1.41. The lowest BCUT2D eigenvalue weighted by Gasteiger charge is -2.21. The van der Waals surface area contributed by atoms with Crippen molar-refractivity contribution in [3.8, 4) is 5.75 Å². The van der Waals surface area contributed by atoms with Crippen LogP contribution in [0.4, 0.5) is 0 Å². The van der Waals surface area contributed by atoms with E-state index in [0.29, 0.717) is 6.42 Å². The van der Waals surface area contributed by atoms with Crippen LogP contribution in [0.2, 0.25) is 0 Å². The Hall–Kier alpha value is -1.55. The summed E-state index contributed by atoms with van der Waals surface area (Å²) in [7, 11) is 0. The highest BCUT2D eigenvalue weighted by Gasteiger charge is 2.11. The predicted octanol–water partition coefficient (Wildman–Crippen LogP) is 3.25. The molecule has 1 N–H and O–H groups in total. The number of hydrogen-bond acceptors (Lipinski definition) is 3. The average molecular weight is 320 g/mol. The summed E-state index contributed by atoms with van der Waals surface area (Å²) in [6.45, 7) is 14.3. The van der Waals surface area contributed by atoms with Crippen LogP contribution >= 0.6 is 0 Å². The zero-order valence-electron chi connectivity index (χ0n) is 15.3. The summed E-state index contributed by atoms with van der Waals surface area (Å²) >= 11 is 0. The molecule has 0 aliphatic rings. The van der Waals surface area contributed by atoms with Gasteiger partial charge in [0.1, 0.15) is 11.4 Å². The highest BCUT2D eigenvalue weighted by molar-refractivity contribution is 5.78. The molecular weight excluding hydrogens is 288 g/mol. The van der Waals surface area contributed by atoms with Crippen LogP contribution in [0.15, 0.2) is 24.3 Å². The molecule has 1 aromatic rings. The van der Waals surface area contributed by atoms with Gasteiger partial charge in [-0.3, -0.25) is 4.79 Å². The summed E-state index contributed by atoms with van der Waals surface area (Å²) in [5.74, 6) is 0.912. The topological polar surface area (TPSA) is 41.6 Å². The first-order valence-electron chi connectivity index (χ1n) is 8.61. The van der Waals surface area contributed by atoms with Crippen molar-refractivity contribution in [1.82, 2.24) is 10.2 Å². The van der Waals surface area contributed by atoms with Crippen molar-refractivity contribution >= 4 is 5.91 Å². The molecule has 0 fully saturated rings. The van der Waals surface area contributed by atoms with Crippen LogP contribution in [0.5, 0.6) is 5.75 Å². The molecule has 0 unspecified atom stereocenters. The van der Waals surface area contributed by atoms with Gasteiger partial charge in [-0.1, -0.05) is 26.0 Å². The van der Waals surface area contributed by atoms with E-state index in [4.69, 9.17) is 4.74 Å². The SMILES string of the molecule is CCN(CC)CCCNC(=O)Cc1ccc(OC(C)(C)C)cc1. The summed E-state index contributed by atoms with van der Waals surface area (Å²) < 4.78 is 5.78. The molecule has 23 heavy (non-hydrogen) atoms. The van der Waals surface area contributed by atoms with Crippen LogP contribution in [0.3, 0.4) is 0 Å². The summed E-state index contributed by atoms with van der Waals surface area (Å²) in [5, 5.41) is 2.99. The molecule has 0 saturated carbocycles. The molecule has 0 aliphatic heterocycles. The minimum Gasteiger partial charge on any atom is -0.488 e. The van der Waals surface area contributed by atoms with E-state index in [1.165, 1.54) is 0 Å². The van der Waals surface area contributed by atoms with E-state index in [-0.39, 0.29) is 11.5 Å². The molecule has 0 aliphatic carbocycles. The molecule has 0 atom stereocenters. The maximum atomic E-state index is 12.0. The quantitative estimate of drug-likeness (QED) is 0.710. The van der Waals surface area contributed by atoms with Crippen LogP contribution in [-0.2, 0) is 11.2 Å². The molecule has 0 bridgehead atoms. The largest absolute Gasteiger partial charge is 0.488 e. The third-order valence-corrected chi connectivity index (χ3v) is 3.58. The van der Waals surface area contributed by atoms with Crippen LogP contribution in [0.1, 0.15) is 46.6 Å². The molecule has 0 spiro atoms. The molecule has 4 heteroatoms. The fraction of sp³-hybridized carbons (Fsp3) is 0.632. The summed E-state index contributed by atoms with van der Waals surface area (Å²) in [6, 6.07) is 7.76. The molecule has 0 heterocycles. The Morgan fingerprint density at radius 3 is 2.26 bits per heavy atom. The van der Waals surface area contributed by atoms with E-state index in [2.05, 4.69) is 24.1 Å². The molecule has 1 rings (SSSR count). The van der Waals surface area contributed by atoms with Gasteiger partial charge in [0.2, 0.25) is 5.91 Å². The Kier molecular flexibility index (Phi) is 8.10. The number of rotatable bonds is 9. The Morgan fingerprint density at radius 1 is 1.13 bits per heavy atom. The molecule has 1 aromatic carbocycles. The van der Waals surface area contributed by atoms with E-state index in [9.17, 15) is 4.79 Å². The molecule has 4 nitrogen and oxygen atoms in total. The fourth-order valence-corrected chi connectivity index (χ4v) is 2.35. The minimum atomic E-state index is -0.205. The zero-order valence-corrected chi connectivity index (χ0v) is 15.3. The molecular formula is C19H32N2O2. The molecule has 0 saturated heterocycles. The van der Waals surface area contributed by atoms with Crippen LogP contribution in [0, 0.1) is 0 Å². The molecule has 0 radical (unpaired) electrons. The highest BCUT2D eigenvalue weighted by Crippen LogP contribution is 2.18. The third kappa shape index (κ3) is 8.60. The minimum absolute atomic E-state index is 0.0778. The van der Waals surface area contributed by atoms with Crippen molar-refractivity contribution in [3.63, 3.8) is 0 Å². The van der Waals surface area contributed by atoms with Gasteiger partial charge in [0.05, 0.1) is 6.42 Å². The third-order valence-electron chi connectivity index (χ3n) is 3.58. The van der Waals surface area contributed by atoms with Gasteiger partial charge in [0.25, 0.3) is 0 Å². The maximum absolute atomic E-state index is 12.0. The van der Waals surface area contributed by atoms with E-state index >= 15 is 0 Å². The van der Waals surface area contributed by atoms with Gasteiger partial charge in [-0.25, -0.2) is 0 Å². The number of nitrogens with zero attached hydrogens (tertiary/aromatic N) is 1. The second-order valence-electron chi connectivity index (χ2n) is 6.77. The van der Waals surface area contributed by atoms with E-state index in [1.807, 2.05) is 45.0 Å². The van der Waals surface area contributed by atoms with E-state index in [1.54, 1.807) is 0 Å². The monoisotopic (exact) mass is 320 g/mol. The smallest absolute Gasteiger partial charge is 0.224 e. The van der Waals surface area contributed by atoms with Crippen molar-refractivity contribution in [2.75, 3.05) is 26.2 Å². The second kappa shape index (κ2) is 9.56. The van der Waals surface area contributed by atoms with E-state index in [0.717, 1.165) is 43.9 Å². The van der Waals surface area contributed by atoms with Crippen LogP contribution in [-0.4, -0.2) is 42.6 Å². The average Bonchev–Trinajstić information content (AvgIpc) is 2.48. The zero-order chi connectivity index (χ0) is 17.3. The molecule has 0 aromatic heterocycles. The van der Waals surface area contributed by atoms with Gasteiger partial charge in [-0.15, -0.1) is 0 Å². The van der Waals surface area contributed by atoms with Crippen LogP contribution in [0.25, 0.3) is 0 Å². The normalized spacial score (nSPS) is 11.6. The van der Waals surface area contributed by atoms with Gasteiger partial charge in [0, 0.05) is 6.54 Å². The molecule has 1 amide bonds. The predicted molar refractivity (Wildman–Crippen MR) is 95.9 cm³/mol. The lowest BCUT2D eigenvalue weighted by Crippen LogP contribution is -2.30. The number of ether oxygens (including phenoxy) is 1. The van der Waals surface area contributed by atoms with Crippen LogP contribution < -0.4 is 10.1 Å². The Labute approximate surface area is 141 Å². The van der Waals surface area contributed by atoms with Crippen molar-refractivity contribution in [3.05, 3.63) is 29.8 Å². The van der Waals surface area contributed by atoms with Gasteiger partial charge < -0.3 is 15.0 Å². The number of carbonyl (C=O) groups excluding carboxylic acids is 1. The highest BCUT2D eigenvalue weighted by atomic mass is 16.5. The van der Waals surface area contributed by atoms with Gasteiger partial charge in [0.15, 0.2) is 0 Å². The summed E-state index contributed by atoms with van der Waals surface area (Å²) in [5.41, 5.74) is 0.802. The number of hydrogen-bond donors (Lipinski definition) is 1. The fourth-order valence-electron chi connectivity index (χ4n) is 2.35. The number of carbonyl (C=O) groups is 1. The molecule has 130 valence electrons.